The fourth-order valence-electron chi connectivity index (χ4n) is 3.61. The molecule has 20 heavy (non-hydrogen) atoms. The molecule has 2 aromatic rings. The zero-order valence-electron chi connectivity index (χ0n) is 11.3. The number of halogens is 1. The Kier molecular flexibility index (Phi) is 3.04. The molecule has 3 unspecified atom stereocenters. The van der Waals surface area contributed by atoms with Gasteiger partial charge in [-0.15, -0.1) is 0 Å². The van der Waals surface area contributed by atoms with E-state index >= 15 is 0 Å². The number of pyridine rings is 1. The van der Waals surface area contributed by atoms with Crippen LogP contribution < -0.4 is 5.32 Å². The highest BCUT2D eigenvalue weighted by atomic mass is 35.5. The molecule has 3 heterocycles. The van der Waals surface area contributed by atoms with E-state index in [-0.39, 0.29) is 0 Å². The summed E-state index contributed by atoms with van der Waals surface area (Å²) in [6.45, 7) is 3.74. The molecule has 0 radical (unpaired) electrons. The van der Waals surface area contributed by atoms with Crippen molar-refractivity contribution in [3.63, 3.8) is 0 Å². The number of anilines is 1. The Balaban J connectivity index is 1.67. The standard InChI is InChI=1S/C16H18ClN3/c17-13-3-4-15(12-2-1-7-18-16(12)13)19-14-6-9-20-8-5-11(14)10-20/h1-4,7,11,14,19H,5-6,8-10H2. The van der Waals surface area contributed by atoms with Crippen molar-refractivity contribution in [2.75, 3.05) is 25.0 Å². The van der Waals surface area contributed by atoms with Gasteiger partial charge >= 0.3 is 0 Å². The first-order valence-corrected chi connectivity index (χ1v) is 7.71. The maximum absolute atomic E-state index is 6.24. The van der Waals surface area contributed by atoms with Crippen molar-refractivity contribution in [2.45, 2.75) is 18.9 Å². The molecule has 0 amide bonds. The summed E-state index contributed by atoms with van der Waals surface area (Å²) < 4.78 is 0. The molecule has 0 saturated carbocycles. The van der Waals surface area contributed by atoms with Crippen molar-refractivity contribution in [1.29, 1.82) is 0 Å². The molecule has 2 fully saturated rings. The molecule has 2 aliphatic heterocycles. The molecule has 0 spiro atoms. The summed E-state index contributed by atoms with van der Waals surface area (Å²) in [7, 11) is 0. The summed E-state index contributed by atoms with van der Waals surface area (Å²) in [4.78, 5) is 6.98. The number of hydrogen-bond acceptors (Lipinski definition) is 3. The van der Waals surface area contributed by atoms with Crippen LogP contribution in [0.5, 0.6) is 0 Å². The monoisotopic (exact) mass is 287 g/mol. The van der Waals surface area contributed by atoms with Crippen LogP contribution in [0.4, 0.5) is 5.69 Å². The van der Waals surface area contributed by atoms with Crippen LogP contribution in [0.25, 0.3) is 10.9 Å². The van der Waals surface area contributed by atoms with Gasteiger partial charge in [0.15, 0.2) is 0 Å². The van der Waals surface area contributed by atoms with Crippen molar-refractivity contribution >= 4 is 28.2 Å². The van der Waals surface area contributed by atoms with E-state index in [2.05, 4.69) is 27.3 Å². The summed E-state index contributed by atoms with van der Waals surface area (Å²) >= 11 is 6.24. The molecule has 3 nitrogen and oxygen atoms in total. The number of rotatable bonds is 2. The zero-order chi connectivity index (χ0) is 13.5. The van der Waals surface area contributed by atoms with E-state index in [0.29, 0.717) is 6.04 Å². The lowest BCUT2D eigenvalue weighted by molar-refractivity contribution is 0.255. The summed E-state index contributed by atoms with van der Waals surface area (Å²) in [5.74, 6) is 0.783. The molecule has 2 bridgehead atoms. The van der Waals surface area contributed by atoms with E-state index in [1.54, 1.807) is 6.20 Å². The lowest BCUT2D eigenvalue weighted by Crippen LogP contribution is -2.39. The second-order valence-electron chi connectivity index (χ2n) is 5.88. The molecule has 104 valence electrons. The van der Waals surface area contributed by atoms with Gasteiger partial charge in [0.25, 0.3) is 0 Å². The van der Waals surface area contributed by atoms with Crippen LogP contribution in [0.3, 0.4) is 0 Å². The Morgan fingerprint density at radius 2 is 2.10 bits per heavy atom. The van der Waals surface area contributed by atoms with Crippen LogP contribution >= 0.6 is 11.6 Å². The van der Waals surface area contributed by atoms with Crippen LogP contribution in [-0.2, 0) is 0 Å². The summed E-state index contributed by atoms with van der Waals surface area (Å²) in [5.41, 5.74) is 2.06. The van der Waals surface area contributed by atoms with Gasteiger partial charge in [-0.1, -0.05) is 11.6 Å². The summed E-state index contributed by atoms with van der Waals surface area (Å²) in [6.07, 6.45) is 4.35. The highest BCUT2D eigenvalue weighted by Crippen LogP contribution is 2.33. The largest absolute Gasteiger partial charge is 0.381 e. The van der Waals surface area contributed by atoms with E-state index in [4.69, 9.17) is 11.6 Å². The first kappa shape index (κ1) is 12.4. The topological polar surface area (TPSA) is 28.2 Å². The predicted molar refractivity (Wildman–Crippen MR) is 83.3 cm³/mol. The first-order valence-electron chi connectivity index (χ1n) is 7.33. The van der Waals surface area contributed by atoms with Crippen LogP contribution in [0.15, 0.2) is 30.5 Å². The molecule has 1 N–H and O–H groups in total. The lowest BCUT2D eigenvalue weighted by atomic mass is 9.93. The number of nitrogens with one attached hydrogen (secondary N) is 1. The summed E-state index contributed by atoms with van der Waals surface area (Å²) in [6, 6.07) is 8.69. The smallest absolute Gasteiger partial charge is 0.0908 e. The molecular formula is C16H18ClN3. The van der Waals surface area contributed by atoms with Gasteiger partial charge in [-0.25, -0.2) is 0 Å². The highest BCUT2D eigenvalue weighted by molar-refractivity contribution is 6.35. The number of aromatic nitrogens is 1. The third-order valence-electron chi connectivity index (χ3n) is 4.70. The van der Waals surface area contributed by atoms with Crippen LogP contribution in [0.2, 0.25) is 5.02 Å². The lowest BCUT2D eigenvalue weighted by Gasteiger charge is -2.32. The van der Waals surface area contributed by atoms with Crippen LogP contribution in [0.1, 0.15) is 12.8 Å². The highest BCUT2D eigenvalue weighted by Gasteiger charge is 2.34. The van der Waals surface area contributed by atoms with Gasteiger partial charge in [0.2, 0.25) is 0 Å². The Morgan fingerprint density at radius 3 is 3.05 bits per heavy atom. The van der Waals surface area contributed by atoms with E-state index in [0.717, 1.165) is 21.8 Å². The minimum atomic E-state index is 0.582. The van der Waals surface area contributed by atoms with Crippen LogP contribution in [-0.4, -0.2) is 35.6 Å². The number of benzene rings is 1. The van der Waals surface area contributed by atoms with Gasteiger partial charge in [0, 0.05) is 36.4 Å². The maximum Gasteiger partial charge on any atom is 0.0908 e. The average molecular weight is 288 g/mol. The molecule has 3 atom stereocenters. The second-order valence-corrected chi connectivity index (χ2v) is 6.29. The predicted octanol–water partition coefficient (Wildman–Crippen LogP) is 3.39. The number of fused-ring (bicyclic) bond motifs is 3. The van der Waals surface area contributed by atoms with Crippen molar-refractivity contribution < 1.29 is 0 Å². The quantitative estimate of drug-likeness (QED) is 0.918. The molecule has 2 aliphatic rings. The third-order valence-corrected chi connectivity index (χ3v) is 5.00. The maximum atomic E-state index is 6.24. The van der Waals surface area contributed by atoms with Crippen molar-refractivity contribution in [2.24, 2.45) is 5.92 Å². The van der Waals surface area contributed by atoms with E-state index < -0.39 is 0 Å². The molecule has 2 saturated heterocycles. The Morgan fingerprint density at radius 1 is 1.20 bits per heavy atom. The normalized spacial score (nSPS) is 28.8. The van der Waals surface area contributed by atoms with Gasteiger partial charge < -0.3 is 10.2 Å². The fourth-order valence-corrected chi connectivity index (χ4v) is 3.82. The van der Waals surface area contributed by atoms with Gasteiger partial charge in [-0.3, -0.25) is 4.98 Å². The first-order chi connectivity index (χ1) is 9.81. The molecular weight excluding hydrogens is 270 g/mol. The average Bonchev–Trinajstić information content (AvgIpc) is 2.87. The minimum Gasteiger partial charge on any atom is -0.381 e. The number of hydrogen-bond donors (Lipinski definition) is 1. The van der Waals surface area contributed by atoms with Crippen molar-refractivity contribution in [3.8, 4) is 0 Å². The Labute approximate surface area is 123 Å². The Bertz CT molecular complexity index is 643. The zero-order valence-corrected chi connectivity index (χ0v) is 12.1. The molecule has 4 heteroatoms. The number of nitrogens with zero attached hydrogens (tertiary/aromatic N) is 2. The summed E-state index contributed by atoms with van der Waals surface area (Å²) in [5, 5.41) is 5.60. The van der Waals surface area contributed by atoms with E-state index in [9.17, 15) is 0 Å². The van der Waals surface area contributed by atoms with E-state index in [1.165, 1.54) is 38.2 Å². The molecule has 1 aromatic heterocycles. The van der Waals surface area contributed by atoms with Gasteiger partial charge in [-0.2, -0.15) is 0 Å². The van der Waals surface area contributed by atoms with Crippen molar-refractivity contribution in [3.05, 3.63) is 35.5 Å². The van der Waals surface area contributed by atoms with Gasteiger partial charge in [0.1, 0.15) is 0 Å². The van der Waals surface area contributed by atoms with E-state index in [1.807, 2.05) is 12.1 Å². The molecule has 4 rings (SSSR count). The van der Waals surface area contributed by atoms with Gasteiger partial charge in [0.05, 0.1) is 10.5 Å². The van der Waals surface area contributed by atoms with Crippen LogP contribution in [0, 0.1) is 5.92 Å². The van der Waals surface area contributed by atoms with Crippen molar-refractivity contribution in [1.82, 2.24) is 9.88 Å². The number of piperidine rings is 1. The second kappa shape index (κ2) is 4.90. The molecule has 0 aliphatic carbocycles. The molecule has 1 aromatic carbocycles. The third kappa shape index (κ3) is 2.05. The van der Waals surface area contributed by atoms with Gasteiger partial charge in [-0.05, 0) is 49.6 Å². The Hall–Kier alpha value is -1.32. The SMILES string of the molecule is Clc1ccc(NC2CCN3CCC2C3)c2cccnc12. The minimum absolute atomic E-state index is 0.582. The fraction of sp³-hybridized carbons (Fsp3) is 0.438.